The van der Waals surface area contributed by atoms with E-state index in [1.54, 1.807) is 0 Å². The summed E-state index contributed by atoms with van der Waals surface area (Å²) in [5, 5.41) is 6.44. The van der Waals surface area contributed by atoms with E-state index in [0.717, 1.165) is 48.0 Å². The SMILES string of the molecule is COC(=O)C1=C(CN2CCN(c3cccc(Cl)c3)CC2)NC(=O)N[C@@H]1c1ccc(C)cc1. The molecule has 2 N–H and O–H groups in total. The van der Waals surface area contributed by atoms with Crippen molar-refractivity contribution >= 4 is 29.3 Å². The summed E-state index contributed by atoms with van der Waals surface area (Å²) in [6.07, 6.45) is 0. The average Bonchev–Trinajstić information content (AvgIpc) is 2.79. The van der Waals surface area contributed by atoms with Crippen LogP contribution >= 0.6 is 11.6 Å². The van der Waals surface area contributed by atoms with Gasteiger partial charge in [-0.05, 0) is 30.7 Å². The van der Waals surface area contributed by atoms with E-state index in [9.17, 15) is 9.59 Å². The second kappa shape index (κ2) is 9.63. The molecule has 0 aromatic heterocycles. The van der Waals surface area contributed by atoms with E-state index in [4.69, 9.17) is 16.3 Å². The molecule has 1 fully saturated rings. The Balaban J connectivity index is 1.54. The van der Waals surface area contributed by atoms with Crippen LogP contribution in [-0.2, 0) is 9.53 Å². The molecule has 2 aromatic rings. The fraction of sp³-hybridized carbons (Fsp3) is 0.333. The second-order valence-electron chi connectivity index (χ2n) is 8.07. The third kappa shape index (κ3) is 4.89. The van der Waals surface area contributed by atoms with Gasteiger partial charge in [0.15, 0.2) is 0 Å². The van der Waals surface area contributed by atoms with Crippen LogP contribution in [0.2, 0.25) is 5.02 Å². The van der Waals surface area contributed by atoms with E-state index >= 15 is 0 Å². The summed E-state index contributed by atoms with van der Waals surface area (Å²) in [5.41, 5.74) is 4.07. The van der Waals surface area contributed by atoms with Gasteiger partial charge in [-0.3, -0.25) is 4.90 Å². The van der Waals surface area contributed by atoms with Crippen LogP contribution in [0.1, 0.15) is 17.2 Å². The van der Waals surface area contributed by atoms with Gasteiger partial charge in [-0.1, -0.05) is 47.5 Å². The zero-order valence-corrected chi connectivity index (χ0v) is 19.0. The van der Waals surface area contributed by atoms with Gasteiger partial charge in [-0.15, -0.1) is 0 Å². The normalized spacial score (nSPS) is 19.4. The molecule has 0 unspecified atom stereocenters. The molecule has 32 heavy (non-hydrogen) atoms. The standard InChI is InChI=1S/C24H27ClN4O3/c1-16-6-8-17(9-7-16)22-21(23(30)32-2)20(26-24(31)27-22)15-28-10-12-29(13-11-28)19-5-3-4-18(25)14-19/h3-9,14,22H,10-13,15H2,1-2H3,(H2,26,27,31)/t22-/m1/s1. The van der Waals surface area contributed by atoms with Crippen LogP contribution in [0, 0.1) is 6.92 Å². The number of nitrogens with zero attached hydrogens (tertiary/aromatic N) is 2. The Morgan fingerprint density at radius 2 is 1.84 bits per heavy atom. The second-order valence-corrected chi connectivity index (χ2v) is 8.51. The summed E-state index contributed by atoms with van der Waals surface area (Å²) >= 11 is 6.13. The number of ether oxygens (including phenoxy) is 1. The number of rotatable bonds is 5. The first-order valence-electron chi connectivity index (χ1n) is 10.6. The zero-order valence-electron chi connectivity index (χ0n) is 18.2. The number of carbonyl (C=O) groups excluding carboxylic acids is 2. The fourth-order valence-corrected chi connectivity index (χ4v) is 4.35. The highest BCUT2D eigenvalue weighted by Gasteiger charge is 2.34. The van der Waals surface area contributed by atoms with Crippen molar-refractivity contribution in [2.45, 2.75) is 13.0 Å². The van der Waals surface area contributed by atoms with E-state index < -0.39 is 12.0 Å². The number of esters is 1. The third-order valence-corrected chi connectivity index (χ3v) is 6.13. The van der Waals surface area contributed by atoms with Crippen molar-refractivity contribution in [2.75, 3.05) is 44.7 Å². The maximum Gasteiger partial charge on any atom is 0.338 e. The molecule has 1 saturated heterocycles. The summed E-state index contributed by atoms with van der Waals surface area (Å²) in [5.74, 6) is -0.448. The number of aryl methyl sites for hydroxylation is 1. The molecule has 7 nitrogen and oxygen atoms in total. The van der Waals surface area contributed by atoms with Gasteiger partial charge < -0.3 is 20.3 Å². The maximum atomic E-state index is 12.7. The molecular weight excluding hydrogens is 428 g/mol. The minimum absolute atomic E-state index is 0.323. The van der Waals surface area contributed by atoms with Gasteiger partial charge in [0.1, 0.15) is 0 Å². The lowest BCUT2D eigenvalue weighted by molar-refractivity contribution is -0.136. The summed E-state index contributed by atoms with van der Waals surface area (Å²) < 4.78 is 5.08. The Bertz CT molecular complexity index is 1030. The maximum absolute atomic E-state index is 12.7. The number of urea groups is 1. The highest BCUT2D eigenvalue weighted by Crippen LogP contribution is 2.29. The largest absolute Gasteiger partial charge is 0.466 e. The number of anilines is 1. The molecule has 2 aliphatic rings. The number of hydrogen-bond donors (Lipinski definition) is 2. The lowest BCUT2D eigenvalue weighted by atomic mass is 9.94. The predicted molar refractivity (Wildman–Crippen MR) is 125 cm³/mol. The number of methoxy groups -OCH3 is 1. The Labute approximate surface area is 193 Å². The minimum atomic E-state index is -0.556. The van der Waals surface area contributed by atoms with E-state index in [0.29, 0.717) is 17.8 Å². The van der Waals surface area contributed by atoms with Crippen molar-refractivity contribution in [3.05, 3.63) is 76.0 Å². The van der Waals surface area contributed by atoms with Crippen molar-refractivity contribution in [3.63, 3.8) is 0 Å². The van der Waals surface area contributed by atoms with Gasteiger partial charge in [0, 0.05) is 49.1 Å². The van der Waals surface area contributed by atoms with Crippen LogP contribution in [0.25, 0.3) is 0 Å². The molecule has 0 radical (unpaired) electrons. The fourth-order valence-electron chi connectivity index (χ4n) is 4.16. The van der Waals surface area contributed by atoms with Crippen molar-refractivity contribution in [2.24, 2.45) is 0 Å². The Kier molecular flexibility index (Phi) is 6.67. The van der Waals surface area contributed by atoms with Crippen LogP contribution in [0.4, 0.5) is 10.5 Å². The molecule has 8 heteroatoms. The smallest absolute Gasteiger partial charge is 0.338 e. The molecule has 0 saturated carbocycles. The molecule has 2 amide bonds. The Hall–Kier alpha value is -3.03. The zero-order chi connectivity index (χ0) is 22.7. The van der Waals surface area contributed by atoms with Gasteiger partial charge in [-0.25, -0.2) is 9.59 Å². The highest BCUT2D eigenvalue weighted by atomic mass is 35.5. The van der Waals surface area contributed by atoms with E-state index in [1.807, 2.05) is 49.4 Å². The first-order valence-corrected chi connectivity index (χ1v) is 11.0. The van der Waals surface area contributed by atoms with Gasteiger partial charge in [-0.2, -0.15) is 0 Å². The first-order chi connectivity index (χ1) is 15.4. The monoisotopic (exact) mass is 454 g/mol. The van der Waals surface area contributed by atoms with Crippen molar-refractivity contribution in [3.8, 4) is 0 Å². The number of piperazine rings is 1. The highest BCUT2D eigenvalue weighted by molar-refractivity contribution is 6.30. The molecular formula is C24H27ClN4O3. The van der Waals surface area contributed by atoms with Crippen LogP contribution < -0.4 is 15.5 Å². The predicted octanol–water partition coefficient (Wildman–Crippen LogP) is 3.25. The Morgan fingerprint density at radius 1 is 1.12 bits per heavy atom. The van der Waals surface area contributed by atoms with Crippen LogP contribution in [0.3, 0.4) is 0 Å². The van der Waals surface area contributed by atoms with Crippen molar-refractivity contribution < 1.29 is 14.3 Å². The summed E-state index contributed by atoms with van der Waals surface area (Å²) in [4.78, 5) is 29.7. The quantitative estimate of drug-likeness (QED) is 0.678. The van der Waals surface area contributed by atoms with Crippen molar-refractivity contribution in [1.29, 1.82) is 0 Å². The molecule has 0 bridgehead atoms. The van der Waals surface area contributed by atoms with E-state index in [1.165, 1.54) is 7.11 Å². The van der Waals surface area contributed by atoms with E-state index in [2.05, 4.69) is 26.5 Å². The topological polar surface area (TPSA) is 73.9 Å². The lowest BCUT2D eigenvalue weighted by Gasteiger charge is -2.38. The molecule has 0 spiro atoms. The van der Waals surface area contributed by atoms with Crippen molar-refractivity contribution in [1.82, 2.24) is 15.5 Å². The van der Waals surface area contributed by atoms with Gasteiger partial charge >= 0.3 is 12.0 Å². The number of carbonyl (C=O) groups is 2. The number of amides is 2. The number of benzene rings is 2. The summed E-state index contributed by atoms with van der Waals surface area (Å²) in [7, 11) is 1.36. The van der Waals surface area contributed by atoms with E-state index in [-0.39, 0.29) is 6.03 Å². The molecule has 1 atom stereocenters. The molecule has 2 heterocycles. The average molecular weight is 455 g/mol. The molecule has 0 aliphatic carbocycles. The molecule has 168 valence electrons. The van der Waals surface area contributed by atoms with Gasteiger partial charge in [0.25, 0.3) is 0 Å². The molecule has 2 aromatic carbocycles. The van der Waals surface area contributed by atoms with Crippen LogP contribution in [-0.4, -0.2) is 56.7 Å². The molecule has 2 aliphatic heterocycles. The number of halogens is 1. The van der Waals surface area contributed by atoms with Crippen LogP contribution in [0.15, 0.2) is 59.8 Å². The van der Waals surface area contributed by atoms with Gasteiger partial charge in [0.05, 0.1) is 18.7 Å². The van der Waals surface area contributed by atoms with Crippen LogP contribution in [0.5, 0.6) is 0 Å². The number of hydrogen-bond acceptors (Lipinski definition) is 5. The summed E-state index contributed by atoms with van der Waals surface area (Å²) in [6.45, 7) is 5.70. The third-order valence-electron chi connectivity index (χ3n) is 5.90. The first kappa shape index (κ1) is 22.2. The summed E-state index contributed by atoms with van der Waals surface area (Å²) in [6, 6.07) is 14.7. The lowest BCUT2D eigenvalue weighted by Crippen LogP contribution is -2.51. The van der Waals surface area contributed by atoms with Gasteiger partial charge in [0.2, 0.25) is 0 Å². The Morgan fingerprint density at radius 3 is 2.50 bits per heavy atom. The number of nitrogens with one attached hydrogen (secondary N) is 2. The minimum Gasteiger partial charge on any atom is -0.466 e. The molecule has 4 rings (SSSR count).